The Bertz CT molecular complexity index is 623. The molecule has 1 aromatic heterocycles. The van der Waals surface area contributed by atoms with Gasteiger partial charge in [0.05, 0.1) is 5.69 Å². The van der Waals surface area contributed by atoms with Crippen molar-refractivity contribution in [1.29, 1.82) is 0 Å². The molecular weight excluding hydrogens is 253 g/mol. The molecule has 0 aliphatic rings. The summed E-state index contributed by atoms with van der Waals surface area (Å²) in [5, 5.41) is 3.25. The standard InChI is InChI=1S/C16H20FN3/c1-5-14-19-15(11(4)16(20-14)18-6-2)12-8-7-9-13(17)10(12)3/h7-9H,5-6H2,1-4H3,(H,18,19,20). The number of aryl methyl sites for hydroxylation is 1. The largest absolute Gasteiger partial charge is 0.370 e. The van der Waals surface area contributed by atoms with Crippen LogP contribution in [0.15, 0.2) is 18.2 Å². The van der Waals surface area contributed by atoms with Crippen molar-refractivity contribution < 1.29 is 4.39 Å². The van der Waals surface area contributed by atoms with Crippen LogP contribution in [0.5, 0.6) is 0 Å². The molecule has 0 aliphatic heterocycles. The van der Waals surface area contributed by atoms with Crippen molar-refractivity contribution in [2.24, 2.45) is 0 Å². The Balaban J connectivity index is 2.66. The maximum absolute atomic E-state index is 13.8. The van der Waals surface area contributed by atoms with E-state index >= 15 is 0 Å². The van der Waals surface area contributed by atoms with Crippen molar-refractivity contribution in [1.82, 2.24) is 9.97 Å². The molecule has 4 heteroatoms. The SMILES string of the molecule is CCNc1nc(CC)nc(-c2cccc(F)c2C)c1C. The number of nitrogens with one attached hydrogen (secondary N) is 1. The number of aromatic nitrogens is 2. The van der Waals surface area contributed by atoms with E-state index in [1.165, 1.54) is 6.07 Å². The molecule has 20 heavy (non-hydrogen) atoms. The van der Waals surface area contributed by atoms with E-state index in [1.54, 1.807) is 13.0 Å². The van der Waals surface area contributed by atoms with Gasteiger partial charge in [0.1, 0.15) is 17.5 Å². The van der Waals surface area contributed by atoms with E-state index in [2.05, 4.69) is 15.3 Å². The van der Waals surface area contributed by atoms with Crippen molar-refractivity contribution in [2.45, 2.75) is 34.1 Å². The lowest BCUT2D eigenvalue weighted by Gasteiger charge is -2.14. The van der Waals surface area contributed by atoms with Crippen LogP contribution in [0.2, 0.25) is 0 Å². The Labute approximate surface area is 119 Å². The molecular formula is C16H20FN3. The van der Waals surface area contributed by atoms with Gasteiger partial charge in [-0.05, 0) is 32.4 Å². The van der Waals surface area contributed by atoms with Crippen LogP contribution in [0.25, 0.3) is 11.3 Å². The molecule has 0 saturated heterocycles. The Morgan fingerprint density at radius 3 is 2.50 bits per heavy atom. The molecule has 0 bridgehead atoms. The minimum Gasteiger partial charge on any atom is -0.370 e. The molecule has 0 spiro atoms. The summed E-state index contributed by atoms with van der Waals surface area (Å²) in [6, 6.07) is 5.10. The summed E-state index contributed by atoms with van der Waals surface area (Å²) >= 11 is 0. The lowest BCUT2D eigenvalue weighted by atomic mass is 10.0. The van der Waals surface area contributed by atoms with Gasteiger partial charge in [0.15, 0.2) is 0 Å². The summed E-state index contributed by atoms with van der Waals surface area (Å²) in [7, 11) is 0. The molecule has 0 fully saturated rings. The lowest BCUT2D eigenvalue weighted by Crippen LogP contribution is -2.08. The molecule has 0 amide bonds. The average molecular weight is 273 g/mol. The summed E-state index contributed by atoms with van der Waals surface area (Å²) in [6.45, 7) is 8.59. The highest BCUT2D eigenvalue weighted by atomic mass is 19.1. The van der Waals surface area contributed by atoms with Crippen molar-refractivity contribution in [3.63, 3.8) is 0 Å². The fraction of sp³-hybridized carbons (Fsp3) is 0.375. The van der Waals surface area contributed by atoms with E-state index in [0.717, 1.165) is 41.4 Å². The predicted molar refractivity (Wildman–Crippen MR) is 80.4 cm³/mol. The van der Waals surface area contributed by atoms with Gasteiger partial charge in [0, 0.05) is 24.1 Å². The zero-order valence-electron chi connectivity index (χ0n) is 12.4. The van der Waals surface area contributed by atoms with Crippen LogP contribution in [-0.4, -0.2) is 16.5 Å². The summed E-state index contributed by atoms with van der Waals surface area (Å²) in [5.41, 5.74) is 3.22. The monoisotopic (exact) mass is 273 g/mol. The summed E-state index contributed by atoms with van der Waals surface area (Å²) in [5.74, 6) is 1.40. The number of benzene rings is 1. The number of hydrogen-bond donors (Lipinski definition) is 1. The maximum atomic E-state index is 13.8. The van der Waals surface area contributed by atoms with Crippen LogP contribution in [0, 0.1) is 19.7 Å². The quantitative estimate of drug-likeness (QED) is 0.918. The van der Waals surface area contributed by atoms with E-state index in [-0.39, 0.29) is 5.82 Å². The van der Waals surface area contributed by atoms with Crippen LogP contribution in [0.1, 0.15) is 30.8 Å². The van der Waals surface area contributed by atoms with Gasteiger partial charge in [-0.3, -0.25) is 0 Å². The second-order valence-corrected chi connectivity index (χ2v) is 4.76. The first kappa shape index (κ1) is 14.4. The zero-order chi connectivity index (χ0) is 14.7. The first-order valence-corrected chi connectivity index (χ1v) is 6.95. The molecule has 1 aromatic carbocycles. The summed E-state index contributed by atoms with van der Waals surface area (Å²) in [6.07, 6.45) is 0.750. The van der Waals surface area contributed by atoms with Gasteiger partial charge < -0.3 is 5.32 Å². The van der Waals surface area contributed by atoms with Crippen LogP contribution in [0.3, 0.4) is 0 Å². The van der Waals surface area contributed by atoms with Crippen molar-refractivity contribution in [3.05, 3.63) is 41.0 Å². The highest BCUT2D eigenvalue weighted by Gasteiger charge is 2.14. The van der Waals surface area contributed by atoms with Crippen molar-refractivity contribution in [3.8, 4) is 11.3 Å². The smallest absolute Gasteiger partial charge is 0.133 e. The Morgan fingerprint density at radius 2 is 1.85 bits per heavy atom. The molecule has 2 aromatic rings. The van der Waals surface area contributed by atoms with Gasteiger partial charge in [-0.25, -0.2) is 14.4 Å². The average Bonchev–Trinajstić information content (AvgIpc) is 2.45. The molecule has 106 valence electrons. The molecule has 3 nitrogen and oxygen atoms in total. The molecule has 1 heterocycles. The highest BCUT2D eigenvalue weighted by molar-refractivity contribution is 5.71. The highest BCUT2D eigenvalue weighted by Crippen LogP contribution is 2.29. The van der Waals surface area contributed by atoms with E-state index < -0.39 is 0 Å². The van der Waals surface area contributed by atoms with Crippen LogP contribution < -0.4 is 5.32 Å². The van der Waals surface area contributed by atoms with Crippen LogP contribution in [-0.2, 0) is 6.42 Å². The second kappa shape index (κ2) is 5.99. The van der Waals surface area contributed by atoms with E-state index in [1.807, 2.05) is 26.8 Å². The molecule has 0 unspecified atom stereocenters. The number of halogens is 1. The van der Waals surface area contributed by atoms with Crippen molar-refractivity contribution in [2.75, 3.05) is 11.9 Å². The maximum Gasteiger partial charge on any atom is 0.133 e. The Kier molecular flexibility index (Phi) is 4.32. The number of rotatable bonds is 4. The van der Waals surface area contributed by atoms with Crippen LogP contribution in [0.4, 0.5) is 10.2 Å². The van der Waals surface area contributed by atoms with Gasteiger partial charge in [0.25, 0.3) is 0 Å². The lowest BCUT2D eigenvalue weighted by molar-refractivity contribution is 0.619. The third kappa shape index (κ3) is 2.64. The molecule has 2 rings (SSSR count). The molecule has 1 N–H and O–H groups in total. The van der Waals surface area contributed by atoms with Gasteiger partial charge in [0.2, 0.25) is 0 Å². The van der Waals surface area contributed by atoms with E-state index in [9.17, 15) is 4.39 Å². The van der Waals surface area contributed by atoms with E-state index in [0.29, 0.717) is 5.56 Å². The first-order chi connectivity index (χ1) is 9.58. The Hall–Kier alpha value is -1.97. The third-order valence-corrected chi connectivity index (χ3v) is 3.38. The topological polar surface area (TPSA) is 37.8 Å². The molecule has 0 atom stereocenters. The van der Waals surface area contributed by atoms with Gasteiger partial charge in [-0.1, -0.05) is 19.1 Å². The van der Waals surface area contributed by atoms with Gasteiger partial charge >= 0.3 is 0 Å². The van der Waals surface area contributed by atoms with Gasteiger partial charge in [-0.2, -0.15) is 0 Å². The molecule has 0 radical (unpaired) electrons. The second-order valence-electron chi connectivity index (χ2n) is 4.76. The molecule has 0 saturated carbocycles. The Morgan fingerprint density at radius 1 is 1.10 bits per heavy atom. The van der Waals surface area contributed by atoms with Crippen molar-refractivity contribution >= 4 is 5.82 Å². The minimum atomic E-state index is -0.205. The number of anilines is 1. The zero-order valence-corrected chi connectivity index (χ0v) is 12.4. The first-order valence-electron chi connectivity index (χ1n) is 6.95. The van der Waals surface area contributed by atoms with Crippen LogP contribution >= 0.6 is 0 Å². The minimum absolute atomic E-state index is 0.205. The normalized spacial score (nSPS) is 10.7. The number of nitrogens with zero attached hydrogens (tertiary/aromatic N) is 2. The fourth-order valence-electron chi connectivity index (χ4n) is 2.19. The van der Waals surface area contributed by atoms with E-state index in [4.69, 9.17) is 0 Å². The molecule has 0 aliphatic carbocycles. The predicted octanol–water partition coefficient (Wildman–Crippen LogP) is 3.89. The fourth-order valence-corrected chi connectivity index (χ4v) is 2.19. The summed E-state index contributed by atoms with van der Waals surface area (Å²) in [4.78, 5) is 9.09. The van der Waals surface area contributed by atoms with Gasteiger partial charge in [-0.15, -0.1) is 0 Å². The summed E-state index contributed by atoms with van der Waals surface area (Å²) < 4.78 is 13.8. The third-order valence-electron chi connectivity index (χ3n) is 3.38. The number of hydrogen-bond acceptors (Lipinski definition) is 3.